The SMILES string of the molecule is OC1CC(O)C2C(SCc3ccccc3)OCCC12. The molecule has 5 atom stereocenters. The van der Waals surface area contributed by atoms with Crippen molar-refractivity contribution in [1.82, 2.24) is 0 Å². The second kappa shape index (κ2) is 5.83. The summed E-state index contributed by atoms with van der Waals surface area (Å²) in [5, 5.41) is 20.1. The van der Waals surface area contributed by atoms with E-state index in [2.05, 4.69) is 12.1 Å². The molecule has 0 amide bonds. The maximum absolute atomic E-state index is 10.1. The number of fused-ring (bicyclic) bond motifs is 1. The molecule has 0 aromatic heterocycles. The monoisotopic (exact) mass is 280 g/mol. The lowest BCUT2D eigenvalue weighted by molar-refractivity contribution is -0.0450. The van der Waals surface area contributed by atoms with Gasteiger partial charge in [0.05, 0.1) is 12.2 Å². The zero-order valence-corrected chi connectivity index (χ0v) is 11.6. The Morgan fingerprint density at radius 2 is 1.95 bits per heavy atom. The fourth-order valence-corrected chi connectivity index (χ4v) is 4.58. The zero-order chi connectivity index (χ0) is 13.2. The standard InChI is InChI=1S/C15H20O3S/c16-12-8-13(17)14-11(12)6-7-18-15(14)19-9-10-4-2-1-3-5-10/h1-5,11-17H,6-9H2. The minimum Gasteiger partial charge on any atom is -0.393 e. The molecule has 0 spiro atoms. The van der Waals surface area contributed by atoms with Crippen LogP contribution in [0.4, 0.5) is 0 Å². The summed E-state index contributed by atoms with van der Waals surface area (Å²) >= 11 is 1.74. The number of rotatable bonds is 3. The number of benzene rings is 1. The average molecular weight is 280 g/mol. The lowest BCUT2D eigenvalue weighted by atomic mass is 9.89. The molecule has 104 valence electrons. The largest absolute Gasteiger partial charge is 0.393 e. The lowest BCUT2D eigenvalue weighted by Gasteiger charge is -2.35. The Labute approximate surface area is 118 Å². The van der Waals surface area contributed by atoms with Gasteiger partial charge in [-0.05, 0) is 24.3 Å². The second-order valence-corrected chi connectivity index (χ2v) is 6.52. The molecule has 5 unspecified atom stereocenters. The van der Waals surface area contributed by atoms with Gasteiger partial charge in [-0.15, -0.1) is 11.8 Å². The van der Waals surface area contributed by atoms with Crippen molar-refractivity contribution in [2.75, 3.05) is 6.61 Å². The van der Waals surface area contributed by atoms with Crippen LogP contribution in [0.2, 0.25) is 0 Å². The molecule has 2 fully saturated rings. The first kappa shape index (κ1) is 13.4. The van der Waals surface area contributed by atoms with Gasteiger partial charge in [-0.3, -0.25) is 0 Å². The van der Waals surface area contributed by atoms with Gasteiger partial charge in [0.1, 0.15) is 5.44 Å². The highest BCUT2D eigenvalue weighted by Crippen LogP contribution is 2.44. The van der Waals surface area contributed by atoms with Gasteiger partial charge in [0, 0.05) is 18.3 Å². The number of thioether (sulfide) groups is 1. The van der Waals surface area contributed by atoms with Crippen molar-refractivity contribution in [1.29, 1.82) is 0 Å². The summed E-state index contributed by atoms with van der Waals surface area (Å²) in [5.41, 5.74) is 1.28. The van der Waals surface area contributed by atoms with Gasteiger partial charge in [0.2, 0.25) is 0 Å². The summed E-state index contributed by atoms with van der Waals surface area (Å²) in [7, 11) is 0. The fourth-order valence-electron chi connectivity index (χ4n) is 3.23. The highest BCUT2D eigenvalue weighted by Gasteiger charge is 2.48. The Morgan fingerprint density at radius 3 is 2.74 bits per heavy atom. The van der Waals surface area contributed by atoms with E-state index in [1.54, 1.807) is 11.8 Å². The molecule has 1 saturated heterocycles. The van der Waals surface area contributed by atoms with Gasteiger partial charge in [-0.1, -0.05) is 30.3 Å². The number of aliphatic hydroxyl groups excluding tert-OH is 2. The van der Waals surface area contributed by atoms with Gasteiger partial charge in [0.15, 0.2) is 0 Å². The Bertz CT molecular complexity index is 411. The smallest absolute Gasteiger partial charge is 0.109 e. The fraction of sp³-hybridized carbons (Fsp3) is 0.600. The maximum Gasteiger partial charge on any atom is 0.109 e. The highest BCUT2D eigenvalue weighted by molar-refractivity contribution is 7.99. The Hall–Kier alpha value is -0.550. The predicted octanol–water partition coefficient (Wildman–Crippen LogP) is 2.02. The molecule has 3 rings (SSSR count). The quantitative estimate of drug-likeness (QED) is 0.889. The summed E-state index contributed by atoms with van der Waals surface area (Å²) in [6, 6.07) is 10.3. The lowest BCUT2D eigenvalue weighted by Crippen LogP contribution is -2.38. The molecule has 1 aromatic rings. The van der Waals surface area contributed by atoms with Crippen molar-refractivity contribution >= 4 is 11.8 Å². The van der Waals surface area contributed by atoms with Crippen LogP contribution in [0.15, 0.2) is 30.3 Å². The summed E-state index contributed by atoms with van der Waals surface area (Å²) in [4.78, 5) is 0. The first-order valence-electron chi connectivity index (χ1n) is 6.89. The van der Waals surface area contributed by atoms with E-state index in [0.29, 0.717) is 13.0 Å². The highest BCUT2D eigenvalue weighted by atomic mass is 32.2. The Morgan fingerprint density at radius 1 is 1.16 bits per heavy atom. The van der Waals surface area contributed by atoms with Crippen LogP contribution in [0.1, 0.15) is 18.4 Å². The van der Waals surface area contributed by atoms with Crippen LogP contribution in [-0.4, -0.2) is 34.5 Å². The molecule has 2 N–H and O–H groups in total. The Balaban J connectivity index is 1.64. The summed E-state index contributed by atoms with van der Waals surface area (Å²) in [5.74, 6) is 1.17. The van der Waals surface area contributed by atoms with E-state index in [0.717, 1.165) is 12.2 Å². The van der Waals surface area contributed by atoms with E-state index in [1.165, 1.54) is 5.56 Å². The van der Waals surface area contributed by atoms with Crippen LogP contribution < -0.4 is 0 Å². The topological polar surface area (TPSA) is 49.7 Å². The van der Waals surface area contributed by atoms with Crippen molar-refractivity contribution in [3.63, 3.8) is 0 Å². The zero-order valence-electron chi connectivity index (χ0n) is 10.8. The number of hydrogen-bond donors (Lipinski definition) is 2. The van der Waals surface area contributed by atoms with Crippen LogP contribution in [-0.2, 0) is 10.5 Å². The van der Waals surface area contributed by atoms with Gasteiger partial charge < -0.3 is 14.9 Å². The molecule has 1 aliphatic heterocycles. The van der Waals surface area contributed by atoms with Gasteiger partial charge >= 0.3 is 0 Å². The van der Waals surface area contributed by atoms with Crippen LogP contribution in [0.25, 0.3) is 0 Å². The van der Waals surface area contributed by atoms with Gasteiger partial charge in [0.25, 0.3) is 0 Å². The number of aliphatic hydroxyl groups is 2. The van der Waals surface area contributed by atoms with E-state index < -0.39 is 6.10 Å². The van der Waals surface area contributed by atoms with Gasteiger partial charge in [-0.2, -0.15) is 0 Å². The molecule has 0 radical (unpaired) electrons. The molecular weight excluding hydrogens is 260 g/mol. The maximum atomic E-state index is 10.1. The molecule has 1 saturated carbocycles. The molecule has 2 aliphatic rings. The molecule has 0 bridgehead atoms. The van der Waals surface area contributed by atoms with Crippen LogP contribution in [0.5, 0.6) is 0 Å². The minimum atomic E-state index is -0.423. The molecular formula is C15H20O3S. The third-order valence-electron chi connectivity index (χ3n) is 4.22. The summed E-state index contributed by atoms with van der Waals surface area (Å²) < 4.78 is 5.82. The average Bonchev–Trinajstić information content (AvgIpc) is 2.74. The van der Waals surface area contributed by atoms with Crippen molar-refractivity contribution in [2.24, 2.45) is 11.8 Å². The first-order valence-corrected chi connectivity index (χ1v) is 7.94. The van der Waals surface area contributed by atoms with E-state index in [9.17, 15) is 10.2 Å². The van der Waals surface area contributed by atoms with E-state index in [4.69, 9.17) is 4.74 Å². The molecule has 19 heavy (non-hydrogen) atoms. The summed E-state index contributed by atoms with van der Waals surface area (Å²) in [6.07, 6.45) is 0.587. The third kappa shape index (κ3) is 2.82. The van der Waals surface area contributed by atoms with Crippen molar-refractivity contribution < 1.29 is 14.9 Å². The third-order valence-corrected chi connectivity index (χ3v) is 5.50. The Kier molecular flexibility index (Phi) is 4.12. The van der Waals surface area contributed by atoms with Crippen molar-refractivity contribution in [3.8, 4) is 0 Å². The minimum absolute atomic E-state index is 0.00565. The molecule has 1 aliphatic carbocycles. The van der Waals surface area contributed by atoms with Gasteiger partial charge in [-0.25, -0.2) is 0 Å². The molecule has 3 nitrogen and oxygen atoms in total. The van der Waals surface area contributed by atoms with Crippen LogP contribution in [0.3, 0.4) is 0 Å². The van der Waals surface area contributed by atoms with E-state index in [1.807, 2.05) is 18.2 Å². The molecule has 1 aromatic carbocycles. The van der Waals surface area contributed by atoms with E-state index in [-0.39, 0.29) is 23.4 Å². The van der Waals surface area contributed by atoms with E-state index >= 15 is 0 Å². The van der Waals surface area contributed by atoms with Crippen LogP contribution in [0, 0.1) is 11.8 Å². The molecule has 4 heteroatoms. The first-order chi connectivity index (χ1) is 9.25. The molecule has 1 heterocycles. The van der Waals surface area contributed by atoms with Crippen LogP contribution >= 0.6 is 11.8 Å². The summed E-state index contributed by atoms with van der Waals surface area (Å²) in [6.45, 7) is 0.692. The number of ether oxygens (including phenoxy) is 1. The van der Waals surface area contributed by atoms with Crippen molar-refractivity contribution in [2.45, 2.75) is 36.2 Å². The predicted molar refractivity (Wildman–Crippen MR) is 75.7 cm³/mol. The number of hydrogen-bond acceptors (Lipinski definition) is 4. The van der Waals surface area contributed by atoms with Crippen molar-refractivity contribution in [3.05, 3.63) is 35.9 Å². The normalized spacial score (nSPS) is 38.1. The second-order valence-electron chi connectivity index (χ2n) is 5.44.